The maximum absolute atomic E-state index is 11.2. The molecule has 1 N–H and O–H groups in total. The predicted molar refractivity (Wildman–Crippen MR) is 71.1 cm³/mol. The molecule has 0 amide bonds. The Balaban J connectivity index is 2.42. The number of hydrogen-bond acceptors (Lipinski definition) is 7. The molecular weight excluding hydrogens is 278 g/mol. The number of carboxylic acid groups (broad SMARTS) is 1. The number of aryl methyl sites for hydroxylation is 1. The molecule has 0 unspecified atom stereocenters. The van der Waals surface area contributed by atoms with Crippen molar-refractivity contribution in [3.05, 3.63) is 29.3 Å². The van der Waals surface area contributed by atoms with Gasteiger partial charge in [0.05, 0.1) is 14.2 Å². The fraction of sp³-hybridized carbons (Fsp3) is 0.231. The molecule has 2 aromatic rings. The van der Waals surface area contributed by atoms with Gasteiger partial charge in [-0.05, 0) is 24.6 Å². The van der Waals surface area contributed by atoms with Gasteiger partial charge in [0, 0.05) is 0 Å². The van der Waals surface area contributed by atoms with Crippen molar-refractivity contribution in [3.63, 3.8) is 0 Å². The maximum Gasteiger partial charge on any atom is 0.339 e. The second kappa shape index (κ2) is 6.04. The van der Waals surface area contributed by atoms with E-state index >= 15 is 0 Å². The van der Waals surface area contributed by atoms with Crippen molar-refractivity contribution in [1.82, 2.24) is 15.0 Å². The van der Waals surface area contributed by atoms with Crippen molar-refractivity contribution in [3.8, 4) is 23.8 Å². The average Bonchev–Trinajstić information content (AvgIpc) is 2.46. The zero-order valence-corrected chi connectivity index (χ0v) is 11.7. The van der Waals surface area contributed by atoms with E-state index in [1.165, 1.54) is 20.3 Å². The Morgan fingerprint density at radius 3 is 2.14 bits per heavy atom. The van der Waals surface area contributed by atoms with Gasteiger partial charge < -0.3 is 19.3 Å². The molecule has 110 valence electrons. The van der Waals surface area contributed by atoms with E-state index in [1.54, 1.807) is 12.1 Å². The van der Waals surface area contributed by atoms with Crippen LogP contribution in [0.25, 0.3) is 0 Å². The molecule has 1 heterocycles. The monoisotopic (exact) mass is 291 g/mol. The summed E-state index contributed by atoms with van der Waals surface area (Å²) in [6, 6.07) is 4.58. The summed E-state index contributed by atoms with van der Waals surface area (Å²) in [6.07, 6.45) is 0. The highest BCUT2D eigenvalue weighted by molar-refractivity contribution is 5.91. The van der Waals surface area contributed by atoms with Crippen molar-refractivity contribution in [2.24, 2.45) is 0 Å². The summed E-state index contributed by atoms with van der Waals surface area (Å²) in [7, 11) is 2.77. The first-order chi connectivity index (χ1) is 10.0. The Kier molecular flexibility index (Phi) is 4.17. The minimum absolute atomic E-state index is 0.000976. The minimum Gasteiger partial charge on any atom is -0.478 e. The molecule has 0 saturated carbocycles. The highest BCUT2D eigenvalue weighted by Crippen LogP contribution is 2.26. The van der Waals surface area contributed by atoms with E-state index < -0.39 is 5.97 Å². The first kappa shape index (κ1) is 14.5. The maximum atomic E-state index is 11.2. The van der Waals surface area contributed by atoms with Gasteiger partial charge in [-0.2, -0.15) is 0 Å². The molecule has 0 aliphatic carbocycles. The van der Waals surface area contributed by atoms with E-state index in [0.717, 1.165) is 5.56 Å². The largest absolute Gasteiger partial charge is 0.478 e. The molecule has 0 aliphatic heterocycles. The standard InChI is InChI=1S/C13H13N3O5/c1-7-4-5-8(10(17)18)9(6-7)21-13-15-11(19-2)14-12(16-13)20-3/h4-6H,1-3H3,(H,17,18). The van der Waals surface area contributed by atoms with E-state index in [-0.39, 0.29) is 29.3 Å². The highest BCUT2D eigenvalue weighted by atomic mass is 16.5. The van der Waals surface area contributed by atoms with E-state index in [4.69, 9.17) is 19.3 Å². The number of aromatic nitrogens is 3. The van der Waals surface area contributed by atoms with Gasteiger partial charge in [0.15, 0.2) is 0 Å². The fourth-order valence-electron chi connectivity index (χ4n) is 1.54. The minimum atomic E-state index is -1.11. The van der Waals surface area contributed by atoms with Crippen molar-refractivity contribution in [1.29, 1.82) is 0 Å². The molecule has 2 rings (SSSR count). The molecule has 1 aromatic heterocycles. The molecule has 8 nitrogen and oxygen atoms in total. The Morgan fingerprint density at radius 1 is 1.05 bits per heavy atom. The Bertz CT molecular complexity index is 653. The van der Waals surface area contributed by atoms with Crippen LogP contribution in [0.4, 0.5) is 0 Å². The van der Waals surface area contributed by atoms with Crippen LogP contribution in [0.3, 0.4) is 0 Å². The van der Waals surface area contributed by atoms with Crippen LogP contribution in [0.5, 0.6) is 23.8 Å². The number of carbonyl (C=O) groups is 1. The predicted octanol–water partition coefficient (Wildman–Crippen LogP) is 1.69. The molecule has 0 aliphatic rings. The topological polar surface area (TPSA) is 104 Å². The number of benzene rings is 1. The van der Waals surface area contributed by atoms with Crippen molar-refractivity contribution in [2.45, 2.75) is 6.92 Å². The van der Waals surface area contributed by atoms with Crippen LogP contribution in [0, 0.1) is 6.92 Å². The molecule has 8 heteroatoms. The third-order valence-corrected chi connectivity index (χ3v) is 2.51. The summed E-state index contributed by atoms with van der Waals surface area (Å²) in [5.41, 5.74) is 0.835. The lowest BCUT2D eigenvalue weighted by Crippen LogP contribution is -2.04. The summed E-state index contributed by atoms with van der Waals surface area (Å²) in [6.45, 7) is 1.81. The molecule has 0 bridgehead atoms. The first-order valence-corrected chi connectivity index (χ1v) is 5.89. The Hall–Kier alpha value is -2.90. The van der Waals surface area contributed by atoms with Crippen molar-refractivity contribution >= 4 is 5.97 Å². The van der Waals surface area contributed by atoms with Crippen LogP contribution in [-0.4, -0.2) is 40.2 Å². The smallest absolute Gasteiger partial charge is 0.339 e. The summed E-state index contributed by atoms with van der Waals surface area (Å²) in [5, 5.41) is 9.15. The second-order valence-electron chi connectivity index (χ2n) is 4.00. The summed E-state index contributed by atoms with van der Waals surface area (Å²) >= 11 is 0. The van der Waals surface area contributed by atoms with Gasteiger partial charge in [-0.1, -0.05) is 6.07 Å². The van der Waals surface area contributed by atoms with Gasteiger partial charge in [-0.3, -0.25) is 0 Å². The average molecular weight is 291 g/mol. The first-order valence-electron chi connectivity index (χ1n) is 5.89. The molecule has 21 heavy (non-hydrogen) atoms. The normalized spacial score (nSPS) is 10.0. The van der Waals surface area contributed by atoms with Crippen LogP contribution < -0.4 is 14.2 Å². The zero-order chi connectivity index (χ0) is 15.4. The van der Waals surface area contributed by atoms with Gasteiger partial charge in [-0.25, -0.2) is 4.79 Å². The molecule has 1 aromatic carbocycles. The van der Waals surface area contributed by atoms with Gasteiger partial charge >= 0.3 is 24.0 Å². The van der Waals surface area contributed by atoms with E-state index in [1.807, 2.05) is 6.92 Å². The third kappa shape index (κ3) is 3.35. The van der Waals surface area contributed by atoms with Crippen molar-refractivity contribution < 1.29 is 24.1 Å². The lowest BCUT2D eigenvalue weighted by Gasteiger charge is -2.09. The highest BCUT2D eigenvalue weighted by Gasteiger charge is 2.15. The van der Waals surface area contributed by atoms with E-state index in [2.05, 4.69) is 15.0 Å². The molecular formula is C13H13N3O5. The van der Waals surface area contributed by atoms with Crippen LogP contribution in [0.2, 0.25) is 0 Å². The third-order valence-electron chi connectivity index (χ3n) is 2.51. The van der Waals surface area contributed by atoms with E-state index in [9.17, 15) is 4.79 Å². The number of aromatic carboxylic acids is 1. The molecule has 0 spiro atoms. The molecule has 0 fully saturated rings. The number of methoxy groups -OCH3 is 2. The van der Waals surface area contributed by atoms with E-state index in [0.29, 0.717) is 0 Å². The number of carboxylic acids is 1. The second-order valence-corrected chi connectivity index (χ2v) is 4.00. The van der Waals surface area contributed by atoms with Crippen LogP contribution >= 0.6 is 0 Å². The zero-order valence-electron chi connectivity index (χ0n) is 11.7. The van der Waals surface area contributed by atoms with Gasteiger partial charge in [0.2, 0.25) is 0 Å². The summed E-state index contributed by atoms with van der Waals surface area (Å²) in [5.74, 6) is -0.990. The number of hydrogen-bond donors (Lipinski definition) is 1. The fourth-order valence-corrected chi connectivity index (χ4v) is 1.54. The SMILES string of the molecule is COc1nc(OC)nc(Oc2cc(C)ccc2C(=O)O)n1. The molecule has 0 saturated heterocycles. The molecule has 0 atom stereocenters. The van der Waals surface area contributed by atoms with Crippen LogP contribution in [-0.2, 0) is 0 Å². The summed E-state index contributed by atoms with van der Waals surface area (Å²) < 4.78 is 15.2. The lowest BCUT2D eigenvalue weighted by atomic mass is 10.1. The summed E-state index contributed by atoms with van der Waals surface area (Å²) in [4.78, 5) is 22.8. The van der Waals surface area contributed by atoms with Crippen LogP contribution in [0.1, 0.15) is 15.9 Å². The van der Waals surface area contributed by atoms with Gasteiger partial charge in [-0.15, -0.1) is 15.0 Å². The Labute approximate surface area is 120 Å². The van der Waals surface area contributed by atoms with Gasteiger partial charge in [0.25, 0.3) is 0 Å². The number of nitrogens with zero attached hydrogens (tertiary/aromatic N) is 3. The van der Waals surface area contributed by atoms with Gasteiger partial charge in [0.1, 0.15) is 11.3 Å². The number of ether oxygens (including phenoxy) is 3. The Morgan fingerprint density at radius 2 is 1.62 bits per heavy atom. The molecule has 0 radical (unpaired) electrons. The lowest BCUT2D eigenvalue weighted by molar-refractivity contribution is 0.0694. The van der Waals surface area contributed by atoms with Crippen molar-refractivity contribution in [2.75, 3.05) is 14.2 Å². The van der Waals surface area contributed by atoms with Crippen LogP contribution in [0.15, 0.2) is 18.2 Å². The quantitative estimate of drug-likeness (QED) is 0.887. The number of rotatable bonds is 5.